The van der Waals surface area contributed by atoms with E-state index in [0.29, 0.717) is 29.4 Å². The molecular formula is C25H29N3O7. The maximum absolute atomic E-state index is 13.2. The fraction of sp³-hybridized carbons (Fsp3) is 0.320. The molecule has 186 valence electrons. The average Bonchev–Trinajstić information content (AvgIpc) is 3.38. The van der Waals surface area contributed by atoms with Gasteiger partial charge in [0.25, 0.3) is 11.8 Å². The van der Waals surface area contributed by atoms with Gasteiger partial charge in [-0.15, -0.1) is 0 Å². The second kappa shape index (κ2) is 11.9. The van der Waals surface area contributed by atoms with Gasteiger partial charge in [-0.05, 0) is 42.8 Å². The highest BCUT2D eigenvalue weighted by atomic mass is 16.5. The third-order valence-corrected chi connectivity index (χ3v) is 5.42. The van der Waals surface area contributed by atoms with E-state index in [1.807, 2.05) is 24.3 Å². The number of hydrogen-bond acceptors (Lipinski definition) is 8. The van der Waals surface area contributed by atoms with Crippen molar-refractivity contribution >= 4 is 11.8 Å². The normalized spacial score (nSPS) is 11.5. The first kappa shape index (κ1) is 25.6. The molecular weight excluding hydrogens is 454 g/mol. The number of carbonyl (C=O) groups is 2. The Labute approximate surface area is 203 Å². The summed E-state index contributed by atoms with van der Waals surface area (Å²) in [7, 11) is 4.58. The van der Waals surface area contributed by atoms with E-state index in [4.69, 9.17) is 18.7 Å². The number of methoxy groups -OCH3 is 3. The molecule has 1 unspecified atom stereocenters. The van der Waals surface area contributed by atoms with Crippen molar-refractivity contribution in [2.75, 3.05) is 27.9 Å². The molecule has 2 N–H and O–H groups in total. The largest absolute Gasteiger partial charge is 0.497 e. The second-order valence-corrected chi connectivity index (χ2v) is 7.74. The smallest absolute Gasteiger partial charge is 0.273 e. The molecule has 0 fully saturated rings. The molecule has 0 bridgehead atoms. The SMILES string of the molecule is COc1ccc(CNC(=O)c2cc(CN(C(=O)c3ccc(OC)c(OC)c3)C(C)CO)on2)cc1. The zero-order valence-electron chi connectivity index (χ0n) is 20.1. The van der Waals surface area contributed by atoms with E-state index in [2.05, 4.69) is 10.5 Å². The van der Waals surface area contributed by atoms with E-state index in [0.717, 1.165) is 11.3 Å². The minimum absolute atomic E-state index is 0.00760. The molecule has 1 aromatic heterocycles. The number of benzene rings is 2. The number of ether oxygens (including phenoxy) is 3. The van der Waals surface area contributed by atoms with Crippen molar-refractivity contribution in [2.45, 2.75) is 26.1 Å². The zero-order valence-corrected chi connectivity index (χ0v) is 20.1. The molecule has 0 aliphatic heterocycles. The first-order chi connectivity index (χ1) is 16.9. The minimum Gasteiger partial charge on any atom is -0.497 e. The van der Waals surface area contributed by atoms with Crippen LogP contribution in [0.25, 0.3) is 0 Å². The predicted molar refractivity (Wildman–Crippen MR) is 127 cm³/mol. The number of nitrogens with one attached hydrogen (secondary N) is 1. The van der Waals surface area contributed by atoms with E-state index in [1.54, 1.807) is 32.2 Å². The van der Waals surface area contributed by atoms with Gasteiger partial charge in [-0.3, -0.25) is 9.59 Å². The Bertz CT molecular complexity index is 1140. The fourth-order valence-electron chi connectivity index (χ4n) is 3.34. The van der Waals surface area contributed by atoms with Crippen molar-refractivity contribution in [3.63, 3.8) is 0 Å². The fourth-order valence-corrected chi connectivity index (χ4v) is 3.34. The third-order valence-electron chi connectivity index (χ3n) is 5.42. The van der Waals surface area contributed by atoms with Crippen LogP contribution in [0.4, 0.5) is 0 Å². The predicted octanol–water partition coefficient (Wildman–Crippen LogP) is 2.65. The van der Waals surface area contributed by atoms with Crippen molar-refractivity contribution in [2.24, 2.45) is 0 Å². The third kappa shape index (κ3) is 6.30. The van der Waals surface area contributed by atoms with Gasteiger partial charge in [-0.1, -0.05) is 17.3 Å². The number of aliphatic hydroxyl groups is 1. The van der Waals surface area contributed by atoms with E-state index in [-0.39, 0.29) is 24.8 Å². The first-order valence-corrected chi connectivity index (χ1v) is 10.9. The van der Waals surface area contributed by atoms with Crippen LogP contribution < -0.4 is 19.5 Å². The zero-order chi connectivity index (χ0) is 25.4. The number of aliphatic hydroxyl groups excluding tert-OH is 1. The molecule has 0 radical (unpaired) electrons. The van der Waals surface area contributed by atoms with Gasteiger partial charge in [0.1, 0.15) is 5.75 Å². The number of hydrogen-bond donors (Lipinski definition) is 2. The summed E-state index contributed by atoms with van der Waals surface area (Å²) in [6.07, 6.45) is 0. The Morgan fingerprint density at radius 3 is 2.37 bits per heavy atom. The van der Waals surface area contributed by atoms with Crippen molar-refractivity contribution < 1.29 is 33.4 Å². The molecule has 10 nitrogen and oxygen atoms in total. The molecule has 1 atom stereocenters. The highest BCUT2D eigenvalue weighted by Crippen LogP contribution is 2.28. The van der Waals surface area contributed by atoms with Gasteiger partial charge in [0.15, 0.2) is 23.0 Å². The number of nitrogens with zero attached hydrogens (tertiary/aromatic N) is 2. The molecule has 2 amide bonds. The number of aromatic nitrogens is 1. The Morgan fingerprint density at radius 1 is 1.03 bits per heavy atom. The van der Waals surface area contributed by atoms with Crippen LogP contribution in [0.1, 0.15) is 39.1 Å². The van der Waals surface area contributed by atoms with Gasteiger partial charge in [-0.2, -0.15) is 0 Å². The van der Waals surface area contributed by atoms with Crippen molar-refractivity contribution in [1.29, 1.82) is 0 Å². The van der Waals surface area contributed by atoms with E-state index in [1.165, 1.54) is 25.2 Å². The summed E-state index contributed by atoms with van der Waals surface area (Å²) in [5.41, 5.74) is 1.33. The van der Waals surface area contributed by atoms with Crippen LogP contribution in [-0.2, 0) is 13.1 Å². The topological polar surface area (TPSA) is 123 Å². The van der Waals surface area contributed by atoms with E-state index in [9.17, 15) is 14.7 Å². The summed E-state index contributed by atoms with van der Waals surface area (Å²) in [6.45, 7) is 1.75. The monoisotopic (exact) mass is 483 g/mol. The highest BCUT2D eigenvalue weighted by Gasteiger charge is 2.25. The van der Waals surface area contributed by atoms with E-state index < -0.39 is 11.9 Å². The van der Waals surface area contributed by atoms with Gasteiger partial charge in [0, 0.05) is 18.2 Å². The Hall–Kier alpha value is -4.05. The molecule has 0 saturated heterocycles. The molecule has 0 spiro atoms. The van der Waals surface area contributed by atoms with Crippen LogP contribution >= 0.6 is 0 Å². The second-order valence-electron chi connectivity index (χ2n) is 7.74. The Balaban J connectivity index is 1.70. The van der Waals surface area contributed by atoms with Crippen LogP contribution in [0.3, 0.4) is 0 Å². The van der Waals surface area contributed by atoms with Crippen LogP contribution in [0, 0.1) is 0 Å². The summed E-state index contributed by atoms with van der Waals surface area (Å²) in [4.78, 5) is 27.2. The molecule has 3 rings (SSSR count). The lowest BCUT2D eigenvalue weighted by molar-refractivity contribution is 0.0574. The standard InChI is InChI=1S/C25H29N3O7/c1-16(15-29)28(25(31)18-7-10-22(33-3)23(11-18)34-4)14-20-12-21(27-35-20)24(30)26-13-17-5-8-19(32-2)9-6-17/h5-12,16,29H,13-15H2,1-4H3,(H,26,30). The lowest BCUT2D eigenvalue weighted by atomic mass is 10.1. The average molecular weight is 484 g/mol. The van der Waals surface area contributed by atoms with Crippen molar-refractivity contribution in [3.8, 4) is 17.2 Å². The van der Waals surface area contributed by atoms with Crippen molar-refractivity contribution in [1.82, 2.24) is 15.4 Å². The van der Waals surface area contributed by atoms with Crippen LogP contribution in [-0.4, -0.2) is 61.0 Å². The van der Waals surface area contributed by atoms with Crippen molar-refractivity contribution in [3.05, 3.63) is 71.1 Å². The quantitative estimate of drug-likeness (QED) is 0.427. The summed E-state index contributed by atoms with van der Waals surface area (Å²) >= 11 is 0. The molecule has 0 saturated carbocycles. The molecule has 0 aliphatic rings. The number of amides is 2. The van der Waals surface area contributed by atoms with Gasteiger partial charge < -0.3 is 34.1 Å². The molecule has 1 heterocycles. The summed E-state index contributed by atoms with van der Waals surface area (Å²) in [5, 5.41) is 16.3. The van der Waals surface area contributed by atoms with Gasteiger partial charge in [0.05, 0.1) is 40.5 Å². The van der Waals surface area contributed by atoms with Gasteiger partial charge in [0.2, 0.25) is 0 Å². The molecule has 2 aromatic carbocycles. The molecule has 10 heteroatoms. The lowest BCUT2D eigenvalue weighted by Crippen LogP contribution is -2.40. The summed E-state index contributed by atoms with van der Waals surface area (Å²) < 4.78 is 20.9. The first-order valence-electron chi connectivity index (χ1n) is 10.9. The summed E-state index contributed by atoms with van der Waals surface area (Å²) in [5.74, 6) is 1.16. The Morgan fingerprint density at radius 2 is 1.74 bits per heavy atom. The van der Waals surface area contributed by atoms with E-state index >= 15 is 0 Å². The van der Waals surface area contributed by atoms with Crippen LogP contribution in [0.2, 0.25) is 0 Å². The minimum atomic E-state index is -0.520. The van der Waals surface area contributed by atoms with Gasteiger partial charge in [-0.25, -0.2) is 0 Å². The molecule has 35 heavy (non-hydrogen) atoms. The van der Waals surface area contributed by atoms with Crippen LogP contribution in [0.5, 0.6) is 17.2 Å². The Kier molecular flexibility index (Phi) is 8.69. The maximum Gasteiger partial charge on any atom is 0.273 e. The molecule has 0 aliphatic carbocycles. The summed E-state index contributed by atoms with van der Waals surface area (Å²) in [6, 6.07) is 13.1. The highest BCUT2D eigenvalue weighted by molar-refractivity contribution is 5.95. The maximum atomic E-state index is 13.2. The number of rotatable bonds is 11. The molecule has 3 aromatic rings. The van der Waals surface area contributed by atoms with Crippen LogP contribution in [0.15, 0.2) is 53.1 Å². The number of carbonyl (C=O) groups excluding carboxylic acids is 2. The van der Waals surface area contributed by atoms with Gasteiger partial charge >= 0.3 is 0 Å². The lowest BCUT2D eigenvalue weighted by Gasteiger charge is -2.27.